The van der Waals surface area contributed by atoms with Crippen LogP contribution in [0.25, 0.3) is 6.08 Å². The summed E-state index contributed by atoms with van der Waals surface area (Å²) in [6.45, 7) is 0.440. The van der Waals surface area contributed by atoms with Gasteiger partial charge in [-0.1, -0.05) is 95.7 Å². The first-order chi connectivity index (χ1) is 14.5. The van der Waals surface area contributed by atoms with E-state index < -0.39 is 0 Å². The van der Waals surface area contributed by atoms with E-state index in [0.717, 1.165) is 11.1 Å². The molecule has 0 spiro atoms. The summed E-state index contributed by atoms with van der Waals surface area (Å²) in [7, 11) is 0. The third-order valence-electron chi connectivity index (χ3n) is 4.40. The summed E-state index contributed by atoms with van der Waals surface area (Å²) in [6, 6.07) is 22.5. The molecular formula is C23H15Cl2NO2S2. The van der Waals surface area contributed by atoms with Crippen molar-refractivity contribution in [1.82, 2.24) is 0 Å². The first-order valence-corrected chi connectivity index (χ1v) is 11.0. The zero-order valence-corrected chi connectivity index (χ0v) is 18.7. The Morgan fingerprint density at radius 1 is 0.967 bits per heavy atom. The zero-order valence-electron chi connectivity index (χ0n) is 15.5. The molecular weight excluding hydrogens is 457 g/mol. The predicted octanol–water partition coefficient (Wildman–Crippen LogP) is 6.98. The second-order valence-electron chi connectivity index (χ2n) is 6.43. The number of thiocarbonyl (C=S) groups is 1. The highest BCUT2D eigenvalue weighted by Crippen LogP contribution is 2.38. The Balaban J connectivity index is 1.58. The van der Waals surface area contributed by atoms with Crippen molar-refractivity contribution >= 4 is 69.2 Å². The van der Waals surface area contributed by atoms with Crippen LogP contribution in [0.4, 0.5) is 5.69 Å². The van der Waals surface area contributed by atoms with Gasteiger partial charge in [0, 0.05) is 5.56 Å². The molecule has 7 heteroatoms. The standard InChI is InChI=1S/C23H15Cl2NO2S2/c24-18-11-10-17(13-19(18)25)26-22(27)21(30-23(26)29)12-16-8-4-5-9-20(16)28-14-15-6-2-1-3-7-15/h1-13H,14H2/b21-12-. The lowest BCUT2D eigenvalue weighted by Crippen LogP contribution is -2.27. The Kier molecular flexibility index (Phi) is 6.44. The van der Waals surface area contributed by atoms with Crippen molar-refractivity contribution in [3.05, 3.63) is 98.9 Å². The smallest absolute Gasteiger partial charge is 0.270 e. The number of anilines is 1. The second kappa shape index (κ2) is 9.23. The van der Waals surface area contributed by atoms with Gasteiger partial charge in [-0.15, -0.1) is 0 Å². The van der Waals surface area contributed by atoms with Crippen LogP contribution >= 0.6 is 47.2 Å². The number of thioether (sulfide) groups is 1. The minimum absolute atomic E-state index is 0.207. The highest BCUT2D eigenvalue weighted by atomic mass is 35.5. The summed E-state index contributed by atoms with van der Waals surface area (Å²) in [5, 5.41) is 0.790. The number of carbonyl (C=O) groups is 1. The van der Waals surface area contributed by atoms with E-state index in [-0.39, 0.29) is 5.91 Å². The maximum Gasteiger partial charge on any atom is 0.270 e. The number of rotatable bonds is 5. The van der Waals surface area contributed by atoms with Crippen molar-refractivity contribution in [1.29, 1.82) is 0 Å². The number of ether oxygens (including phenoxy) is 1. The van der Waals surface area contributed by atoms with Crippen LogP contribution in [0.1, 0.15) is 11.1 Å². The minimum atomic E-state index is -0.207. The first-order valence-electron chi connectivity index (χ1n) is 9.02. The maximum absolute atomic E-state index is 13.0. The van der Waals surface area contributed by atoms with Gasteiger partial charge in [0.15, 0.2) is 4.32 Å². The number of amides is 1. The quantitative estimate of drug-likeness (QED) is 0.296. The van der Waals surface area contributed by atoms with Crippen molar-refractivity contribution < 1.29 is 9.53 Å². The second-order valence-corrected chi connectivity index (χ2v) is 8.92. The van der Waals surface area contributed by atoms with Crippen molar-refractivity contribution in [2.24, 2.45) is 0 Å². The lowest BCUT2D eigenvalue weighted by molar-refractivity contribution is -0.113. The number of nitrogens with zero attached hydrogens (tertiary/aromatic N) is 1. The molecule has 0 atom stereocenters. The lowest BCUT2D eigenvalue weighted by atomic mass is 10.1. The summed E-state index contributed by atoms with van der Waals surface area (Å²) in [4.78, 5) is 15.0. The van der Waals surface area contributed by atoms with Crippen LogP contribution in [0.5, 0.6) is 5.75 Å². The highest BCUT2D eigenvalue weighted by Gasteiger charge is 2.33. The molecule has 1 saturated heterocycles. The van der Waals surface area contributed by atoms with Crippen LogP contribution < -0.4 is 9.64 Å². The molecule has 0 saturated carbocycles. The number of para-hydroxylation sites is 1. The molecule has 0 bridgehead atoms. The molecule has 3 nitrogen and oxygen atoms in total. The van der Waals surface area contributed by atoms with Gasteiger partial charge < -0.3 is 4.74 Å². The van der Waals surface area contributed by atoms with Crippen molar-refractivity contribution in [2.45, 2.75) is 6.61 Å². The molecule has 0 unspecified atom stereocenters. The van der Waals surface area contributed by atoms with Crippen LogP contribution in [-0.2, 0) is 11.4 Å². The Morgan fingerprint density at radius 2 is 1.70 bits per heavy atom. The van der Waals surface area contributed by atoms with Crippen molar-refractivity contribution in [2.75, 3.05) is 4.90 Å². The molecule has 1 amide bonds. The number of hydrogen-bond donors (Lipinski definition) is 0. The van der Waals surface area contributed by atoms with Crippen LogP contribution in [-0.4, -0.2) is 10.2 Å². The maximum atomic E-state index is 13.0. The average Bonchev–Trinajstić information content (AvgIpc) is 3.03. The summed E-state index contributed by atoms with van der Waals surface area (Å²) < 4.78 is 6.43. The van der Waals surface area contributed by atoms with Gasteiger partial charge in [0.25, 0.3) is 5.91 Å². The number of hydrogen-bond acceptors (Lipinski definition) is 4. The molecule has 150 valence electrons. The molecule has 1 heterocycles. The predicted molar refractivity (Wildman–Crippen MR) is 129 cm³/mol. The highest BCUT2D eigenvalue weighted by molar-refractivity contribution is 8.27. The monoisotopic (exact) mass is 471 g/mol. The third-order valence-corrected chi connectivity index (χ3v) is 6.44. The molecule has 3 aromatic carbocycles. The molecule has 3 aromatic rings. The number of carbonyl (C=O) groups excluding carboxylic acids is 1. The van der Waals surface area contributed by atoms with Gasteiger partial charge in [0.2, 0.25) is 0 Å². The van der Waals surface area contributed by atoms with Gasteiger partial charge >= 0.3 is 0 Å². The number of benzene rings is 3. The van der Waals surface area contributed by atoms with E-state index in [1.165, 1.54) is 16.7 Å². The van der Waals surface area contributed by atoms with Gasteiger partial charge in [-0.25, -0.2) is 0 Å². The van der Waals surface area contributed by atoms with Crippen LogP contribution in [0, 0.1) is 0 Å². The number of halogens is 2. The summed E-state index contributed by atoms with van der Waals surface area (Å²) in [6.07, 6.45) is 1.80. The fourth-order valence-corrected chi connectivity index (χ4v) is 4.50. The van der Waals surface area contributed by atoms with E-state index in [2.05, 4.69) is 0 Å². The third kappa shape index (κ3) is 4.55. The lowest BCUT2D eigenvalue weighted by Gasteiger charge is -2.15. The van der Waals surface area contributed by atoms with E-state index in [1.54, 1.807) is 24.3 Å². The summed E-state index contributed by atoms with van der Waals surface area (Å²) >= 11 is 18.8. The van der Waals surface area contributed by atoms with E-state index in [0.29, 0.717) is 37.3 Å². The molecule has 0 radical (unpaired) electrons. The Morgan fingerprint density at radius 3 is 2.47 bits per heavy atom. The molecule has 1 aliphatic rings. The molecule has 0 N–H and O–H groups in total. The molecule has 4 rings (SSSR count). The summed E-state index contributed by atoms with van der Waals surface area (Å²) in [5.74, 6) is 0.488. The van der Waals surface area contributed by atoms with Crippen LogP contribution in [0.15, 0.2) is 77.7 Å². The van der Waals surface area contributed by atoms with Gasteiger partial charge in [-0.05, 0) is 35.9 Å². The molecule has 1 aliphatic heterocycles. The molecule has 1 fully saturated rings. The normalized spacial score (nSPS) is 15.1. The Hall–Kier alpha value is -2.31. The van der Waals surface area contributed by atoms with E-state index in [9.17, 15) is 4.79 Å². The van der Waals surface area contributed by atoms with Gasteiger partial charge in [-0.2, -0.15) is 0 Å². The van der Waals surface area contributed by atoms with Crippen LogP contribution in [0.2, 0.25) is 10.0 Å². The van der Waals surface area contributed by atoms with Crippen LogP contribution in [0.3, 0.4) is 0 Å². The SMILES string of the molecule is O=C1/C(=C/c2ccccc2OCc2ccccc2)SC(=S)N1c1ccc(Cl)c(Cl)c1. The molecule has 30 heavy (non-hydrogen) atoms. The van der Waals surface area contributed by atoms with Gasteiger partial charge in [0.1, 0.15) is 12.4 Å². The minimum Gasteiger partial charge on any atom is -0.488 e. The van der Waals surface area contributed by atoms with Gasteiger partial charge in [-0.3, -0.25) is 9.69 Å². The zero-order chi connectivity index (χ0) is 21.1. The Bertz CT molecular complexity index is 1150. The molecule has 0 aromatic heterocycles. The fourth-order valence-electron chi connectivity index (χ4n) is 2.92. The van der Waals surface area contributed by atoms with Gasteiger partial charge in [0.05, 0.1) is 20.6 Å². The molecule has 0 aliphatic carbocycles. The summed E-state index contributed by atoms with van der Waals surface area (Å²) in [5.41, 5.74) is 2.46. The van der Waals surface area contributed by atoms with Crippen molar-refractivity contribution in [3.63, 3.8) is 0 Å². The fraction of sp³-hybridized carbons (Fsp3) is 0.0435. The average molecular weight is 472 g/mol. The largest absolute Gasteiger partial charge is 0.488 e. The van der Waals surface area contributed by atoms with E-state index in [1.807, 2.05) is 54.6 Å². The van der Waals surface area contributed by atoms with E-state index >= 15 is 0 Å². The topological polar surface area (TPSA) is 29.5 Å². The Labute approximate surface area is 194 Å². The van der Waals surface area contributed by atoms with Crippen molar-refractivity contribution in [3.8, 4) is 5.75 Å². The van der Waals surface area contributed by atoms with E-state index in [4.69, 9.17) is 40.2 Å². The first kappa shape index (κ1) is 20.9.